The first kappa shape index (κ1) is 30.8. The molecule has 0 atom stereocenters. The number of nitrogens with one attached hydrogen (secondary N) is 1. The van der Waals surface area contributed by atoms with E-state index in [0.717, 1.165) is 34.4 Å². The molecule has 3 N–H and O–H groups in total. The van der Waals surface area contributed by atoms with Crippen LogP contribution >= 0.6 is 0 Å². The first-order valence-electron chi connectivity index (χ1n) is 14.1. The zero-order chi connectivity index (χ0) is 30.0. The number of rotatable bonds is 12. The minimum Gasteiger partial charge on any atom is -0.395 e. The maximum absolute atomic E-state index is 9.41. The molecule has 0 bridgehead atoms. The van der Waals surface area contributed by atoms with Crippen LogP contribution in [-0.4, -0.2) is 56.5 Å². The maximum Gasteiger partial charge on any atom is 0.129 e. The quantitative estimate of drug-likeness (QED) is 0.175. The second-order valence-corrected chi connectivity index (χ2v) is 9.33. The van der Waals surface area contributed by atoms with E-state index in [2.05, 4.69) is 37.3 Å². The highest BCUT2D eigenvalue weighted by Gasteiger charge is 2.08. The molecule has 5 aromatic rings. The van der Waals surface area contributed by atoms with Crippen molar-refractivity contribution in [3.8, 4) is 0 Å². The Morgan fingerprint density at radius 3 is 1.77 bits per heavy atom. The van der Waals surface area contributed by atoms with Gasteiger partial charge in [0.05, 0.1) is 36.0 Å². The van der Waals surface area contributed by atoms with Gasteiger partial charge in [0.2, 0.25) is 0 Å². The molecule has 0 spiro atoms. The summed E-state index contributed by atoms with van der Waals surface area (Å²) in [5.74, 6) is 1.60. The number of aliphatic hydroxyl groups is 2. The van der Waals surface area contributed by atoms with Crippen LogP contribution in [0.1, 0.15) is 28.3 Å². The molecule has 0 saturated carbocycles. The maximum atomic E-state index is 9.41. The van der Waals surface area contributed by atoms with Gasteiger partial charge in [0.15, 0.2) is 0 Å². The van der Waals surface area contributed by atoms with Crippen molar-refractivity contribution < 1.29 is 10.2 Å². The Bertz CT molecular complexity index is 1550. The summed E-state index contributed by atoms with van der Waals surface area (Å²) in [5.41, 5.74) is 4.69. The minimum atomic E-state index is 0.0858. The zero-order valence-corrected chi connectivity index (χ0v) is 23.9. The Hall–Kier alpha value is -5.18. The fourth-order valence-electron chi connectivity index (χ4n) is 4.02. The van der Waals surface area contributed by atoms with Gasteiger partial charge in [0, 0.05) is 32.0 Å². The lowest BCUT2D eigenvalue weighted by Crippen LogP contribution is -2.27. The van der Waals surface area contributed by atoms with Crippen molar-refractivity contribution in [2.75, 3.05) is 36.5 Å². The first-order chi connectivity index (χ1) is 21.2. The van der Waals surface area contributed by atoms with Crippen LogP contribution in [0, 0.1) is 0 Å². The Labute approximate surface area is 252 Å². The fraction of sp³-hybridized carbons (Fsp3) is 0.143. The van der Waals surface area contributed by atoms with Crippen LogP contribution in [0.5, 0.6) is 0 Å². The van der Waals surface area contributed by atoms with Gasteiger partial charge < -0.3 is 20.4 Å². The van der Waals surface area contributed by atoms with Crippen LogP contribution in [0.2, 0.25) is 0 Å². The van der Waals surface area contributed by atoms with Gasteiger partial charge >= 0.3 is 0 Å². The molecule has 0 aliphatic heterocycles. The summed E-state index contributed by atoms with van der Waals surface area (Å²) in [7, 11) is 0. The van der Waals surface area contributed by atoms with Gasteiger partial charge in [0.1, 0.15) is 11.6 Å². The number of nitrogens with zero attached hydrogens (tertiary/aromatic N) is 5. The van der Waals surface area contributed by atoms with Gasteiger partial charge in [-0.25, -0.2) is 9.97 Å². The molecular formula is C35H36N6O2. The van der Waals surface area contributed by atoms with Crippen molar-refractivity contribution in [1.29, 1.82) is 0 Å². The van der Waals surface area contributed by atoms with Crippen molar-refractivity contribution in [1.82, 2.24) is 19.9 Å². The van der Waals surface area contributed by atoms with Gasteiger partial charge in [0.25, 0.3) is 0 Å². The van der Waals surface area contributed by atoms with Crippen molar-refractivity contribution in [2.45, 2.75) is 6.54 Å². The minimum absolute atomic E-state index is 0.0858. The van der Waals surface area contributed by atoms with E-state index in [1.165, 1.54) is 5.56 Å². The molecule has 1 aromatic carbocycles. The fourth-order valence-corrected chi connectivity index (χ4v) is 4.02. The molecule has 0 saturated heterocycles. The van der Waals surface area contributed by atoms with Crippen LogP contribution in [0.3, 0.4) is 0 Å². The highest BCUT2D eigenvalue weighted by molar-refractivity contribution is 5.67. The molecule has 8 heteroatoms. The van der Waals surface area contributed by atoms with Crippen LogP contribution in [0.25, 0.3) is 24.3 Å². The number of benzene rings is 1. The lowest BCUT2D eigenvalue weighted by Gasteiger charge is -2.23. The Kier molecular flexibility index (Phi) is 12.6. The van der Waals surface area contributed by atoms with Gasteiger partial charge in [-0.05, 0) is 78.4 Å². The number of anilines is 2. The van der Waals surface area contributed by atoms with E-state index in [1.54, 1.807) is 12.4 Å². The molecule has 218 valence electrons. The van der Waals surface area contributed by atoms with Crippen LogP contribution < -0.4 is 10.2 Å². The number of aliphatic hydroxyl groups excluding tert-OH is 2. The summed E-state index contributed by atoms with van der Waals surface area (Å²) in [5, 5.41) is 21.2. The molecule has 0 amide bonds. The molecule has 0 aliphatic rings. The van der Waals surface area contributed by atoms with Crippen LogP contribution in [0.4, 0.5) is 11.6 Å². The molecule has 8 nitrogen and oxygen atoms in total. The van der Waals surface area contributed by atoms with Crippen molar-refractivity contribution >= 4 is 35.9 Å². The Balaban J connectivity index is 0.000000208. The number of hydrogen-bond acceptors (Lipinski definition) is 8. The summed E-state index contributed by atoms with van der Waals surface area (Å²) < 4.78 is 0. The number of aromatic nitrogens is 4. The summed E-state index contributed by atoms with van der Waals surface area (Å²) in [6.07, 6.45) is 11.2. The third-order valence-electron chi connectivity index (χ3n) is 6.08. The van der Waals surface area contributed by atoms with Gasteiger partial charge in [-0.3, -0.25) is 9.97 Å². The third kappa shape index (κ3) is 11.0. The molecule has 5 rings (SSSR count). The predicted molar refractivity (Wildman–Crippen MR) is 175 cm³/mol. The van der Waals surface area contributed by atoms with E-state index in [-0.39, 0.29) is 13.2 Å². The Morgan fingerprint density at radius 2 is 1.16 bits per heavy atom. The van der Waals surface area contributed by atoms with E-state index in [9.17, 15) is 5.11 Å². The first-order valence-corrected chi connectivity index (χ1v) is 14.1. The topological polar surface area (TPSA) is 107 Å². The van der Waals surface area contributed by atoms with Crippen LogP contribution in [-0.2, 0) is 6.54 Å². The van der Waals surface area contributed by atoms with Gasteiger partial charge in [-0.15, -0.1) is 0 Å². The molecule has 43 heavy (non-hydrogen) atoms. The van der Waals surface area contributed by atoms with E-state index >= 15 is 0 Å². The molecule has 0 aliphatic carbocycles. The normalized spacial score (nSPS) is 10.8. The second-order valence-electron chi connectivity index (χ2n) is 9.33. The van der Waals surface area contributed by atoms with E-state index < -0.39 is 0 Å². The summed E-state index contributed by atoms with van der Waals surface area (Å²) >= 11 is 0. The molecule has 4 heterocycles. The molecule has 0 fully saturated rings. The van der Waals surface area contributed by atoms with Crippen LogP contribution in [0.15, 0.2) is 116 Å². The highest BCUT2D eigenvalue weighted by atomic mass is 16.3. The van der Waals surface area contributed by atoms with Gasteiger partial charge in [-0.1, -0.05) is 54.6 Å². The standard InChI is InChI=1S/C21H21N3O.C14H15N3O/c25-16-15-24(17-18-7-2-1-3-8-18)21-11-6-10-20(23-21)13-12-19-9-4-5-14-22-19;18-11-10-16-14-6-3-5-13(17-14)8-7-12-4-1-2-9-15-12/h1-14,25H,15-17H2;1-9,18H,10-11H2,(H,16,17)/b13-12+;8-7+. The second kappa shape index (κ2) is 17.6. The van der Waals surface area contributed by atoms with Crippen molar-refractivity contribution in [3.63, 3.8) is 0 Å². The molecule has 0 unspecified atom stereocenters. The third-order valence-corrected chi connectivity index (χ3v) is 6.08. The average Bonchev–Trinajstić information content (AvgIpc) is 3.07. The van der Waals surface area contributed by atoms with E-state index in [1.807, 2.05) is 115 Å². The number of hydrogen-bond donors (Lipinski definition) is 3. The summed E-state index contributed by atoms with van der Waals surface area (Å²) in [6, 6.07) is 33.4. The summed E-state index contributed by atoms with van der Waals surface area (Å²) in [4.78, 5) is 19.6. The predicted octanol–water partition coefficient (Wildman–Crippen LogP) is 5.70. The highest BCUT2D eigenvalue weighted by Crippen LogP contribution is 2.16. The molecule has 0 radical (unpaired) electrons. The average molecular weight is 573 g/mol. The number of pyridine rings is 4. The molecule has 4 aromatic heterocycles. The van der Waals surface area contributed by atoms with Crippen molar-refractivity contribution in [3.05, 3.63) is 144 Å². The zero-order valence-electron chi connectivity index (χ0n) is 23.9. The Morgan fingerprint density at radius 1 is 0.581 bits per heavy atom. The van der Waals surface area contributed by atoms with E-state index in [0.29, 0.717) is 19.6 Å². The smallest absolute Gasteiger partial charge is 0.129 e. The molecular weight excluding hydrogens is 536 g/mol. The monoisotopic (exact) mass is 572 g/mol. The lowest BCUT2D eigenvalue weighted by atomic mass is 10.2. The SMILES string of the molecule is OCCN(Cc1ccccc1)c1cccc(/C=C/c2ccccn2)n1.OCCNc1cccc(/C=C/c2ccccn2)n1. The van der Waals surface area contributed by atoms with Gasteiger partial charge in [-0.2, -0.15) is 0 Å². The lowest BCUT2D eigenvalue weighted by molar-refractivity contribution is 0.301. The largest absolute Gasteiger partial charge is 0.395 e. The summed E-state index contributed by atoms with van der Waals surface area (Å²) in [6.45, 7) is 1.93. The van der Waals surface area contributed by atoms with Crippen molar-refractivity contribution in [2.24, 2.45) is 0 Å². The van der Waals surface area contributed by atoms with E-state index in [4.69, 9.17) is 10.1 Å².